The van der Waals surface area contributed by atoms with E-state index in [4.69, 9.17) is 9.26 Å². The second kappa shape index (κ2) is 7.62. The Morgan fingerprint density at radius 1 is 1.29 bits per heavy atom. The first-order valence-electron chi connectivity index (χ1n) is 8.13. The highest BCUT2D eigenvalue weighted by atomic mass is 16.5. The third-order valence-corrected chi connectivity index (χ3v) is 4.66. The van der Waals surface area contributed by atoms with Gasteiger partial charge in [0.05, 0.1) is 6.04 Å². The molecule has 0 N–H and O–H groups in total. The zero-order chi connectivity index (χ0) is 17.9. The van der Waals surface area contributed by atoms with E-state index in [1.54, 1.807) is 6.26 Å². The van der Waals surface area contributed by atoms with E-state index >= 15 is 0 Å². The third kappa shape index (κ3) is 4.03. The predicted molar refractivity (Wildman–Crippen MR) is 92.5 cm³/mol. The van der Waals surface area contributed by atoms with Crippen molar-refractivity contribution < 1.29 is 14.1 Å². The van der Waals surface area contributed by atoms with Crippen LogP contribution in [0.5, 0.6) is 0 Å². The third-order valence-electron chi connectivity index (χ3n) is 4.66. The van der Waals surface area contributed by atoms with Gasteiger partial charge < -0.3 is 9.26 Å². The monoisotopic (exact) mass is 330 g/mol. The Morgan fingerprint density at radius 3 is 2.54 bits per heavy atom. The molecule has 1 atom stereocenters. The molecule has 1 aromatic heterocycles. The molecular weight excluding hydrogens is 304 g/mol. The van der Waals surface area contributed by atoms with Gasteiger partial charge >= 0.3 is 5.97 Å². The topological polar surface area (TPSA) is 55.6 Å². The molecule has 0 aliphatic carbocycles. The number of benzene rings is 1. The maximum absolute atomic E-state index is 11.1. The van der Waals surface area contributed by atoms with Crippen LogP contribution < -0.4 is 0 Å². The second-order valence-corrected chi connectivity index (χ2v) is 6.39. The summed E-state index contributed by atoms with van der Waals surface area (Å²) in [5, 5.41) is 4.03. The molecule has 2 aromatic rings. The first-order valence-corrected chi connectivity index (χ1v) is 8.13. The molecule has 1 unspecified atom stereocenters. The van der Waals surface area contributed by atoms with Crippen LogP contribution in [0.3, 0.4) is 0 Å². The first kappa shape index (κ1) is 18.2. The standard InChI is InChI=1S/C19H26N2O3/c1-12-9-13(2)18(11-23-16(5)22)14(3)17(12)10-21(6)15(4)19-7-8-24-20-19/h7-9,15H,10-11H2,1-6H3. The number of carbonyl (C=O) groups is 1. The van der Waals surface area contributed by atoms with Crippen molar-refractivity contribution in [1.82, 2.24) is 10.1 Å². The van der Waals surface area contributed by atoms with E-state index in [1.807, 2.05) is 6.07 Å². The highest BCUT2D eigenvalue weighted by molar-refractivity contribution is 5.66. The number of aryl methyl sites for hydroxylation is 2. The molecule has 5 heteroatoms. The SMILES string of the molecule is CC(=O)OCc1c(C)cc(C)c(CN(C)C(C)c2ccon2)c1C. The molecule has 5 nitrogen and oxygen atoms in total. The lowest BCUT2D eigenvalue weighted by Gasteiger charge is -2.26. The molecule has 0 amide bonds. The lowest BCUT2D eigenvalue weighted by Crippen LogP contribution is -2.23. The summed E-state index contributed by atoms with van der Waals surface area (Å²) in [7, 11) is 2.07. The molecule has 0 spiro atoms. The van der Waals surface area contributed by atoms with E-state index in [1.165, 1.54) is 23.6 Å². The van der Waals surface area contributed by atoms with Crippen LogP contribution in [0.25, 0.3) is 0 Å². The second-order valence-electron chi connectivity index (χ2n) is 6.39. The van der Waals surface area contributed by atoms with Crippen molar-refractivity contribution in [1.29, 1.82) is 0 Å². The van der Waals surface area contributed by atoms with E-state index in [0.717, 1.165) is 23.4 Å². The number of hydrogen-bond acceptors (Lipinski definition) is 5. The number of esters is 1. The summed E-state index contributed by atoms with van der Waals surface area (Å²) in [5.74, 6) is -0.257. The normalized spacial score (nSPS) is 12.5. The highest BCUT2D eigenvalue weighted by Gasteiger charge is 2.18. The first-order chi connectivity index (χ1) is 11.3. The van der Waals surface area contributed by atoms with Crippen LogP contribution in [0, 0.1) is 20.8 Å². The highest BCUT2D eigenvalue weighted by Crippen LogP contribution is 2.27. The lowest BCUT2D eigenvalue weighted by molar-refractivity contribution is -0.142. The molecule has 1 aromatic carbocycles. The van der Waals surface area contributed by atoms with Crippen molar-refractivity contribution >= 4 is 5.97 Å². The molecule has 1 heterocycles. The van der Waals surface area contributed by atoms with Crippen LogP contribution >= 0.6 is 0 Å². The maximum atomic E-state index is 11.1. The fraction of sp³-hybridized carbons (Fsp3) is 0.474. The van der Waals surface area contributed by atoms with Crippen LogP contribution in [-0.4, -0.2) is 23.1 Å². The summed E-state index contributed by atoms with van der Waals surface area (Å²) in [6, 6.07) is 4.21. The molecule has 0 saturated carbocycles. The number of hydrogen-bond donors (Lipinski definition) is 0. The molecule has 24 heavy (non-hydrogen) atoms. The van der Waals surface area contributed by atoms with Crippen molar-refractivity contribution in [3.63, 3.8) is 0 Å². The van der Waals surface area contributed by atoms with Crippen LogP contribution in [0.2, 0.25) is 0 Å². The molecule has 0 aliphatic rings. The Kier molecular flexibility index (Phi) is 5.78. The lowest BCUT2D eigenvalue weighted by atomic mass is 9.93. The van der Waals surface area contributed by atoms with Gasteiger partial charge in [-0.1, -0.05) is 11.2 Å². The average Bonchev–Trinajstić information content (AvgIpc) is 3.04. The zero-order valence-corrected chi connectivity index (χ0v) is 15.3. The van der Waals surface area contributed by atoms with Crippen LogP contribution in [0.1, 0.15) is 53.4 Å². The molecule has 0 bridgehead atoms. The van der Waals surface area contributed by atoms with Gasteiger partial charge in [-0.2, -0.15) is 0 Å². The van der Waals surface area contributed by atoms with E-state index in [2.05, 4.69) is 50.9 Å². The zero-order valence-electron chi connectivity index (χ0n) is 15.3. The molecule has 0 aliphatic heterocycles. The number of nitrogens with zero attached hydrogens (tertiary/aromatic N) is 2. The molecule has 130 valence electrons. The summed E-state index contributed by atoms with van der Waals surface area (Å²) in [5.41, 5.74) is 6.86. The van der Waals surface area contributed by atoms with Gasteiger partial charge in [-0.3, -0.25) is 9.69 Å². The predicted octanol–water partition coefficient (Wildman–Crippen LogP) is 3.86. The van der Waals surface area contributed by atoms with Gasteiger partial charge in [-0.15, -0.1) is 0 Å². The summed E-state index contributed by atoms with van der Waals surface area (Å²) < 4.78 is 10.2. The van der Waals surface area contributed by atoms with Crippen molar-refractivity contribution in [2.75, 3.05) is 7.05 Å². The quantitative estimate of drug-likeness (QED) is 0.753. The fourth-order valence-corrected chi connectivity index (χ4v) is 2.96. The summed E-state index contributed by atoms with van der Waals surface area (Å²) in [6.07, 6.45) is 1.60. The molecule has 2 rings (SSSR count). The maximum Gasteiger partial charge on any atom is 0.302 e. The minimum absolute atomic E-state index is 0.153. The van der Waals surface area contributed by atoms with Gasteiger partial charge in [-0.05, 0) is 62.6 Å². The van der Waals surface area contributed by atoms with Crippen LogP contribution in [0.15, 0.2) is 22.9 Å². The number of rotatable bonds is 6. The molecular formula is C19H26N2O3. The van der Waals surface area contributed by atoms with Gasteiger partial charge in [0.15, 0.2) is 0 Å². The number of aromatic nitrogens is 1. The van der Waals surface area contributed by atoms with E-state index < -0.39 is 0 Å². The van der Waals surface area contributed by atoms with Gasteiger partial charge in [0.1, 0.15) is 18.6 Å². The minimum atomic E-state index is -0.257. The van der Waals surface area contributed by atoms with Crippen molar-refractivity contribution in [3.05, 3.63) is 51.9 Å². The van der Waals surface area contributed by atoms with Crippen LogP contribution in [0.4, 0.5) is 0 Å². The van der Waals surface area contributed by atoms with Crippen molar-refractivity contribution in [2.45, 2.75) is 53.8 Å². The van der Waals surface area contributed by atoms with E-state index in [9.17, 15) is 4.79 Å². The van der Waals surface area contributed by atoms with Crippen molar-refractivity contribution in [2.24, 2.45) is 0 Å². The minimum Gasteiger partial charge on any atom is -0.461 e. The molecule has 0 fully saturated rings. The fourth-order valence-electron chi connectivity index (χ4n) is 2.96. The van der Waals surface area contributed by atoms with E-state index in [0.29, 0.717) is 6.61 Å². The van der Waals surface area contributed by atoms with Gasteiger partial charge in [-0.25, -0.2) is 0 Å². The van der Waals surface area contributed by atoms with Gasteiger partial charge in [0.2, 0.25) is 0 Å². The summed E-state index contributed by atoms with van der Waals surface area (Å²) in [6.45, 7) is 10.9. The Labute approximate surface area is 143 Å². The molecule has 0 radical (unpaired) electrons. The summed E-state index contributed by atoms with van der Waals surface area (Å²) >= 11 is 0. The largest absolute Gasteiger partial charge is 0.461 e. The van der Waals surface area contributed by atoms with Gasteiger partial charge in [0, 0.05) is 19.5 Å². The Balaban J connectivity index is 2.25. The number of ether oxygens (including phenoxy) is 1. The van der Waals surface area contributed by atoms with Crippen molar-refractivity contribution in [3.8, 4) is 0 Å². The molecule has 0 saturated heterocycles. The van der Waals surface area contributed by atoms with Crippen LogP contribution in [-0.2, 0) is 22.7 Å². The smallest absolute Gasteiger partial charge is 0.302 e. The Morgan fingerprint density at radius 2 is 1.96 bits per heavy atom. The average molecular weight is 330 g/mol. The van der Waals surface area contributed by atoms with E-state index in [-0.39, 0.29) is 12.0 Å². The van der Waals surface area contributed by atoms with Gasteiger partial charge in [0.25, 0.3) is 0 Å². The number of carbonyl (C=O) groups excluding carboxylic acids is 1. The Hall–Kier alpha value is -2.14. The Bertz CT molecular complexity index is 708. The summed E-state index contributed by atoms with van der Waals surface area (Å²) in [4.78, 5) is 13.4.